The van der Waals surface area contributed by atoms with Crippen molar-refractivity contribution in [2.75, 3.05) is 0 Å². The Labute approximate surface area is 244 Å². The van der Waals surface area contributed by atoms with Crippen LogP contribution < -0.4 is 43.4 Å². The Bertz CT molecular complexity index is 1310. The zero-order valence-electron chi connectivity index (χ0n) is 20.6. The number of halogens is 3. The van der Waals surface area contributed by atoms with E-state index >= 15 is 0 Å². The Morgan fingerprint density at radius 2 is 0.725 bits per heavy atom. The third kappa shape index (κ3) is 8.56. The fourth-order valence-electron chi connectivity index (χ4n) is 3.59. The molecule has 0 spiro atoms. The summed E-state index contributed by atoms with van der Waals surface area (Å²) in [5, 5.41) is 15.8. The number of carbonyl (C=O) groups excluding carboxylic acids is 4. The summed E-state index contributed by atoms with van der Waals surface area (Å²) in [6.45, 7) is 0. The zero-order chi connectivity index (χ0) is 29.2. The van der Waals surface area contributed by atoms with Crippen LogP contribution in [-0.2, 0) is 0 Å². The Morgan fingerprint density at radius 3 is 0.975 bits per heavy atom. The lowest BCUT2D eigenvalue weighted by molar-refractivity contribution is 0.218. The second-order valence-electron chi connectivity index (χ2n) is 8.12. The molecule has 2 unspecified atom stereocenters. The third-order valence-electron chi connectivity index (χ3n) is 5.32. The van der Waals surface area contributed by atoms with Crippen LogP contribution in [0.1, 0.15) is 35.2 Å². The number of benzene rings is 3. The molecule has 8 amide bonds. The van der Waals surface area contributed by atoms with Gasteiger partial charge in [0, 0.05) is 31.8 Å². The predicted octanol–water partition coefficient (Wildman–Crippen LogP) is 3.98. The van der Waals surface area contributed by atoms with Gasteiger partial charge in [0.25, 0.3) is 0 Å². The van der Waals surface area contributed by atoms with Crippen molar-refractivity contribution in [2.24, 2.45) is 11.5 Å². The molecule has 0 aliphatic carbocycles. The molecule has 0 radical (unpaired) electrons. The molecule has 0 saturated heterocycles. The molecule has 12 nitrogen and oxygen atoms in total. The van der Waals surface area contributed by atoms with E-state index in [0.717, 1.165) is 0 Å². The molecular formula is C25H25Cl3N8O4. The molecule has 0 saturated carbocycles. The van der Waals surface area contributed by atoms with Gasteiger partial charge in [-0.1, -0.05) is 89.4 Å². The van der Waals surface area contributed by atoms with Crippen LogP contribution in [0.25, 0.3) is 0 Å². The summed E-state index contributed by atoms with van der Waals surface area (Å²) >= 11 is 18.8. The van der Waals surface area contributed by atoms with E-state index < -0.39 is 42.6 Å². The van der Waals surface area contributed by atoms with Crippen molar-refractivity contribution < 1.29 is 19.2 Å². The molecule has 0 aromatic heterocycles. The quantitative estimate of drug-likeness (QED) is 0.171. The minimum atomic E-state index is -1.20. The molecule has 0 heterocycles. The van der Waals surface area contributed by atoms with Gasteiger partial charge in [-0.25, -0.2) is 19.2 Å². The molecule has 0 fully saturated rings. The summed E-state index contributed by atoms with van der Waals surface area (Å²) in [6.07, 6.45) is -3.43. The van der Waals surface area contributed by atoms with Gasteiger partial charge in [0.2, 0.25) is 0 Å². The molecule has 2 atom stereocenters. The topological polar surface area (TPSA) is 192 Å². The van der Waals surface area contributed by atoms with Gasteiger partial charge >= 0.3 is 24.1 Å². The van der Waals surface area contributed by atoms with Crippen LogP contribution in [0.2, 0.25) is 15.1 Å². The van der Waals surface area contributed by atoms with Crippen molar-refractivity contribution in [3.05, 3.63) is 105 Å². The van der Waals surface area contributed by atoms with Crippen molar-refractivity contribution in [1.82, 2.24) is 31.9 Å². The van der Waals surface area contributed by atoms with E-state index in [2.05, 4.69) is 31.9 Å². The molecule has 3 aromatic carbocycles. The fraction of sp³-hybridized carbons (Fsp3) is 0.120. The first-order chi connectivity index (χ1) is 19.0. The average molecular weight is 608 g/mol. The Kier molecular flexibility index (Phi) is 10.6. The highest BCUT2D eigenvalue weighted by molar-refractivity contribution is 6.32. The molecule has 0 aliphatic rings. The number of urea groups is 4. The van der Waals surface area contributed by atoms with Gasteiger partial charge in [-0.05, 0) is 18.2 Å². The number of hydrogen-bond acceptors (Lipinski definition) is 4. The van der Waals surface area contributed by atoms with E-state index in [1.54, 1.807) is 72.8 Å². The molecule has 0 aliphatic heterocycles. The van der Waals surface area contributed by atoms with Crippen LogP contribution in [0.15, 0.2) is 72.8 Å². The molecule has 40 heavy (non-hydrogen) atoms. The van der Waals surface area contributed by atoms with Gasteiger partial charge in [0.1, 0.15) is 18.5 Å². The number of hydrogen-bond donors (Lipinski definition) is 8. The average Bonchev–Trinajstić information content (AvgIpc) is 2.88. The summed E-state index contributed by atoms with van der Waals surface area (Å²) in [4.78, 5) is 49.3. The van der Waals surface area contributed by atoms with Crippen LogP contribution >= 0.6 is 34.8 Å². The maximum atomic E-state index is 13.1. The third-order valence-corrected chi connectivity index (χ3v) is 6.36. The normalized spacial score (nSPS) is 12.7. The SMILES string of the molecule is NC(=O)NC(NC(=O)NC(NC(=O)NC(NC(N)=O)c1ccccc1Cl)c1ccccc1Cl)c1ccccc1Cl. The van der Waals surface area contributed by atoms with Gasteiger partial charge < -0.3 is 43.4 Å². The van der Waals surface area contributed by atoms with Crippen molar-refractivity contribution in [3.63, 3.8) is 0 Å². The van der Waals surface area contributed by atoms with E-state index in [1.165, 1.54) is 0 Å². The summed E-state index contributed by atoms with van der Waals surface area (Å²) < 4.78 is 0. The molecular weight excluding hydrogens is 583 g/mol. The Hall–Kier alpha value is -4.39. The van der Waals surface area contributed by atoms with E-state index in [9.17, 15) is 19.2 Å². The summed E-state index contributed by atoms with van der Waals surface area (Å²) in [7, 11) is 0. The number of rotatable bonds is 9. The van der Waals surface area contributed by atoms with Gasteiger partial charge in [0.15, 0.2) is 0 Å². The largest absolute Gasteiger partial charge is 0.352 e. The van der Waals surface area contributed by atoms with Crippen LogP contribution in [0, 0.1) is 0 Å². The second-order valence-corrected chi connectivity index (χ2v) is 9.34. The van der Waals surface area contributed by atoms with Crippen LogP contribution in [0.5, 0.6) is 0 Å². The standard InChI is InChI=1S/C25H25Cl3N8O4/c26-16-10-4-1-7-13(16)19(31-22(29)37)33-24(39)35-21(15-9-3-6-12-18(15)28)36-25(40)34-20(32-23(30)38)14-8-2-5-11-17(14)27/h1-12,19-21H,(H3,29,31,37)(H3,30,32,38)(H2,33,35,39)(H2,34,36,40). The first-order valence-corrected chi connectivity index (χ1v) is 12.7. The van der Waals surface area contributed by atoms with Crippen LogP contribution in [0.3, 0.4) is 0 Å². The number of primary amides is 2. The van der Waals surface area contributed by atoms with Crippen LogP contribution in [0.4, 0.5) is 19.2 Å². The Balaban J connectivity index is 1.83. The highest BCUT2D eigenvalue weighted by atomic mass is 35.5. The second kappa shape index (κ2) is 14.1. The van der Waals surface area contributed by atoms with Gasteiger partial charge in [0.05, 0.1) is 0 Å². The highest BCUT2D eigenvalue weighted by Gasteiger charge is 2.25. The van der Waals surface area contributed by atoms with E-state index in [4.69, 9.17) is 46.3 Å². The van der Waals surface area contributed by atoms with Gasteiger partial charge in [-0.15, -0.1) is 0 Å². The maximum absolute atomic E-state index is 13.1. The van der Waals surface area contributed by atoms with Crippen molar-refractivity contribution >= 4 is 58.9 Å². The van der Waals surface area contributed by atoms with Crippen LogP contribution in [-0.4, -0.2) is 24.1 Å². The number of nitrogens with two attached hydrogens (primary N) is 2. The number of carbonyl (C=O) groups is 4. The number of nitrogens with one attached hydrogen (secondary N) is 6. The van der Waals surface area contributed by atoms with Crippen molar-refractivity contribution in [3.8, 4) is 0 Å². The molecule has 3 rings (SSSR count). The summed E-state index contributed by atoms with van der Waals surface area (Å²) in [5.41, 5.74) is 11.6. The molecule has 210 valence electrons. The summed E-state index contributed by atoms with van der Waals surface area (Å²) in [5.74, 6) is 0. The van der Waals surface area contributed by atoms with Gasteiger partial charge in [-0.2, -0.15) is 0 Å². The maximum Gasteiger partial charge on any atom is 0.318 e. The minimum absolute atomic E-state index is 0.226. The zero-order valence-corrected chi connectivity index (χ0v) is 22.8. The van der Waals surface area contributed by atoms with Crippen molar-refractivity contribution in [2.45, 2.75) is 18.5 Å². The molecule has 0 bridgehead atoms. The highest BCUT2D eigenvalue weighted by Crippen LogP contribution is 2.24. The first kappa shape index (κ1) is 30.2. The van der Waals surface area contributed by atoms with E-state index in [-0.39, 0.29) is 15.1 Å². The monoisotopic (exact) mass is 606 g/mol. The lowest BCUT2D eigenvalue weighted by atomic mass is 10.1. The van der Waals surface area contributed by atoms with Gasteiger partial charge in [-0.3, -0.25) is 0 Å². The first-order valence-electron chi connectivity index (χ1n) is 11.5. The fourth-order valence-corrected chi connectivity index (χ4v) is 4.33. The summed E-state index contributed by atoms with van der Waals surface area (Å²) in [6, 6.07) is 15.9. The van der Waals surface area contributed by atoms with E-state index in [0.29, 0.717) is 16.7 Å². The smallest absolute Gasteiger partial charge is 0.318 e. The van der Waals surface area contributed by atoms with E-state index in [1.807, 2.05) is 0 Å². The molecule has 3 aromatic rings. The van der Waals surface area contributed by atoms with Crippen molar-refractivity contribution in [1.29, 1.82) is 0 Å². The lowest BCUT2D eigenvalue weighted by Crippen LogP contribution is -2.53. The minimum Gasteiger partial charge on any atom is -0.352 e. The lowest BCUT2D eigenvalue weighted by Gasteiger charge is -2.26. The molecule has 15 heteroatoms. The number of amides is 8. The molecule has 10 N–H and O–H groups in total. The Morgan fingerprint density at radius 1 is 0.475 bits per heavy atom. The predicted molar refractivity (Wildman–Crippen MR) is 151 cm³/mol.